The predicted octanol–water partition coefficient (Wildman–Crippen LogP) is 3.44. The van der Waals surface area contributed by atoms with Gasteiger partial charge in [0.2, 0.25) is 0 Å². The molecule has 1 N–H and O–H groups in total. The Morgan fingerprint density at radius 1 is 1.36 bits per heavy atom. The molecule has 0 aliphatic heterocycles. The van der Waals surface area contributed by atoms with E-state index in [9.17, 15) is 0 Å². The van der Waals surface area contributed by atoms with Gasteiger partial charge in [-0.15, -0.1) is 0 Å². The molecule has 0 spiro atoms. The summed E-state index contributed by atoms with van der Waals surface area (Å²) in [6.45, 7) is 6.42. The normalized spacial score (nSPS) is 13.4. The summed E-state index contributed by atoms with van der Waals surface area (Å²) in [6.07, 6.45) is 9.18. The van der Waals surface area contributed by atoms with Gasteiger partial charge in [0.1, 0.15) is 0 Å². The lowest BCUT2D eigenvalue weighted by Gasteiger charge is -2.18. The standard InChI is InChI=1S/C10H18O/c1-4-7-10(2,3)8-5-6-9-11/h4,6-7,9,11H,5,8H2,1-3H3. The second kappa shape index (κ2) is 5.00. The molecule has 0 aromatic heterocycles. The number of aliphatic hydroxyl groups excluding tert-OH is 1. The van der Waals surface area contributed by atoms with E-state index in [4.69, 9.17) is 5.11 Å². The molecule has 1 nitrogen and oxygen atoms in total. The highest BCUT2D eigenvalue weighted by Crippen LogP contribution is 2.23. The van der Waals surface area contributed by atoms with Crippen LogP contribution in [0.15, 0.2) is 24.5 Å². The topological polar surface area (TPSA) is 20.2 Å². The highest BCUT2D eigenvalue weighted by molar-refractivity contribution is 4.93. The summed E-state index contributed by atoms with van der Waals surface area (Å²) < 4.78 is 0. The zero-order valence-electron chi connectivity index (χ0n) is 7.67. The summed E-state index contributed by atoms with van der Waals surface area (Å²) in [5.41, 5.74) is 0.258. The molecule has 11 heavy (non-hydrogen) atoms. The second-order valence-corrected chi connectivity index (χ2v) is 3.41. The van der Waals surface area contributed by atoms with Crippen molar-refractivity contribution in [3.8, 4) is 0 Å². The van der Waals surface area contributed by atoms with E-state index in [0.717, 1.165) is 19.1 Å². The van der Waals surface area contributed by atoms with Crippen LogP contribution in [0.1, 0.15) is 33.6 Å². The zero-order valence-corrected chi connectivity index (χ0v) is 7.67. The second-order valence-electron chi connectivity index (χ2n) is 3.41. The minimum atomic E-state index is 0.258. The fourth-order valence-electron chi connectivity index (χ4n) is 1.06. The minimum absolute atomic E-state index is 0.258. The molecule has 0 fully saturated rings. The zero-order chi connectivity index (χ0) is 8.74. The number of allylic oxidation sites excluding steroid dienone is 3. The fraction of sp³-hybridized carbons (Fsp3) is 0.600. The summed E-state index contributed by atoms with van der Waals surface area (Å²) in [7, 11) is 0. The summed E-state index contributed by atoms with van der Waals surface area (Å²) in [5.74, 6) is 0. The lowest BCUT2D eigenvalue weighted by atomic mass is 9.87. The van der Waals surface area contributed by atoms with Crippen LogP contribution in [0.5, 0.6) is 0 Å². The van der Waals surface area contributed by atoms with Gasteiger partial charge in [0.05, 0.1) is 6.26 Å². The van der Waals surface area contributed by atoms with Gasteiger partial charge in [0.25, 0.3) is 0 Å². The van der Waals surface area contributed by atoms with Crippen molar-refractivity contribution in [2.75, 3.05) is 0 Å². The van der Waals surface area contributed by atoms with Crippen LogP contribution in [0, 0.1) is 5.41 Å². The van der Waals surface area contributed by atoms with E-state index in [-0.39, 0.29) is 5.41 Å². The largest absolute Gasteiger partial charge is 0.516 e. The summed E-state index contributed by atoms with van der Waals surface area (Å²) >= 11 is 0. The maximum Gasteiger partial charge on any atom is 0.0751 e. The minimum Gasteiger partial charge on any atom is -0.516 e. The van der Waals surface area contributed by atoms with Gasteiger partial charge >= 0.3 is 0 Å². The van der Waals surface area contributed by atoms with Crippen molar-refractivity contribution >= 4 is 0 Å². The maximum absolute atomic E-state index is 8.39. The van der Waals surface area contributed by atoms with E-state index >= 15 is 0 Å². The molecule has 0 atom stereocenters. The molecular weight excluding hydrogens is 136 g/mol. The molecule has 0 saturated carbocycles. The molecule has 0 aromatic rings. The van der Waals surface area contributed by atoms with Gasteiger partial charge in [-0.1, -0.05) is 32.1 Å². The number of aliphatic hydroxyl groups is 1. The average molecular weight is 154 g/mol. The van der Waals surface area contributed by atoms with Crippen molar-refractivity contribution in [2.45, 2.75) is 33.6 Å². The third-order valence-corrected chi connectivity index (χ3v) is 1.68. The highest BCUT2D eigenvalue weighted by atomic mass is 16.2. The Labute approximate surface area is 69.4 Å². The van der Waals surface area contributed by atoms with Gasteiger partial charge in [-0.3, -0.25) is 0 Å². The molecule has 0 amide bonds. The van der Waals surface area contributed by atoms with Crippen molar-refractivity contribution in [3.05, 3.63) is 24.5 Å². The Morgan fingerprint density at radius 2 is 2.00 bits per heavy atom. The van der Waals surface area contributed by atoms with E-state index in [2.05, 4.69) is 26.0 Å². The third kappa shape index (κ3) is 5.71. The average Bonchev–Trinajstić information content (AvgIpc) is 1.87. The van der Waals surface area contributed by atoms with Crippen LogP contribution in [0.2, 0.25) is 0 Å². The van der Waals surface area contributed by atoms with Crippen molar-refractivity contribution in [3.63, 3.8) is 0 Å². The molecule has 0 unspecified atom stereocenters. The maximum atomic E-state index is 8.39. The number of hydrogen-bond donors (Lipinski definition) is 1. The van der Waals surface area contributed by atoms with Crippen LogP contribution < -0.4 is 0 Å². The molecule has 0 heterocycles. The molecular formula is C10H18O. The van der Waals surface area contributed by atoms with Crippen LogP contribution in [0.3, 0.4) is 0 Å². The Balaban J connectivity index is 3.72. The predicted molar refractivity (Wildman–Crippen MR) is 49.6 cm³/mol. The lowest BCUT2D eigenvalue weighted by molar-refractivity contribution is 0.433. The molecule has 0 aliphatic rings. The van der Waals surface area contributed by atoms with Crippen molar-refractivity contribution in [1.82, 2.24) is 0 Å². The van der Waals surface area contributed by atoms with E-state index < -0.39 is 0 Å². The van der Waals surface area contributed by atoms with Gasteiger partial charge in [-0.05, 0) is 25.2 Å². The highest BCUT2D eigenvalue weighted by Gasteiger charge is 2.10. The third-order valence-electron chi connectivity index (χ3n) is 1.68. The molecule has 0 aliphatic carbocycles. The van der Waals surface area contributed by atoms with Gasteiger partial charge < -0.3 is 5.11 Å². The first-order valence-electron chi connectivity index (χ1n) is 4.05. The monoisotopic (exact) mass is 154 g/mol. The van der Waals surface area contributed by atoms with Crippen LogP contribution in [0.25, 0.3) is 0 Å². The van der Waals surface area contributed by atoms with Crippen molar-refractivity contribution in [1.29, 1.82) is 0 Å². The van der Waals surface area contributed by atoms with Crippen LogP contribution >= 0.6 is 0 Å². The summed E-state index contributed by atoms with van der Waals surface area (Å²) in [6, 6.07) is 0. The Hall–Kier alpha value is -0.720. The van der Waals surface area contributed by atoms with Crippen LogP contribution in [-0.2, 0) is 0 Å². The summed E-state index contributed by atoms with van der Waals surface area (Å²) in [5, 5.41) is 8.39. The molecule has 0 rings (SSSR count). The van der Waals surface area contributed by atoms with E-state index in [0.29, 0.717) is 0 Å². The van der Waals surface area contributed by atoms with Gasteiger partial charge in [-0.25, -0.2) is 0 Å². The first-order chi connectivity index (χ1) is 5.12. The van der Waals surface area contributed by atoms with Gasteiger partial charge in [0, 0.05) is 0 Å². The first kappa shape index (κ1) is 10.3. The smallest absolute Gasteiger partial charge is 0.0751 e. The van der Waals surface area contributed by atoms with Crippen LogP contribution in [0.4, 0.5) is 0 Å². The molecule has 0 aromatic carbocycles. The summed E-state index contributed by atoms with van der Waals surface area (Å²) in [4.78, 5) is 0. The van der Waals surface area contributed by atoms with E-state index in [1.165, 1.54) is 0 Å². The SMILES string of the molecule is CC=CC(C)(C)CCC=CO. The number of hydrogen-bond acceptors (Lipinski definition) is 1. The molecule has 0 bridgehead atoms. The quantitative estimate of drug-likeness (QED) is 0.486. The van der Waals surface area contributed by atoms with Crippen molar-refractivity contribution < 1.29 is 5.11 Å². The van der Waals surface area contributed by atoms with Gasteiger partial charge in [-0.2, -0.15) is 0 Å². The lowest BCUT2D eigenvalue weighted by Crippen LogP contribution is -2.05. The van der Waals surface area contributed by atoms with E-state index in [1.807, 2.05) is 6.92 Å². The Kier molecular flexibility index (Phi) is 4.67. The van der Waals surface area contributed by atoms with E-state index in [1.54, 1.807) is 6.08 Å². The number of rotatable bonds is 4. The van der Waals surface area contributed by atoms with Gasteiger partial charge in [0.15, 0.2) is 0 Å². The Bertz CT molecular complexity index is 143. The molecule has 64 valence electrons. The molecule has 0 saturated heterocycles. The molecule has 1 heteroatoms. The fourth-order valence-corrected chi connectivity index (χ4v) is 1.06. The Morgan fingerprint density at radius 3 is 2.45 bits per heavy atom. The molecule has 0 radical (unpaired) electrons. The van der Waals surface area contributed by atoms with Crippen LogP contribution in [-0.4, -0.2) is 5.11 Å². The van der Waals surface area contributed by atoms with Crippen molar-refractivity contribution in [2.24, 2.45) is 5.41 Å². The first-order valence-corrected chi connectivity index (χ1v) is 4.05.